The molecule has 8 heteroatoms. The zero-order valence-electron chi connectivity index (χ0n) is 21.5. The number of fused-ring (bicyclic) bond motifs is 1. The van der Waals surface area contributed by atoms with Gasteiger partial charge in [0.15, 0.2) is 5.82 Å². The molecule has 1 atom stereocenters. The summed E-state index contributed by atoms with van der Waals surface area (Å²) < 4.78 is 2.03. The van der Waals surface area contributed by atoms with E-state index in [1.807, 2.05) is 16.8 Å². The molecule has 0 amide bonds. The fourth-order valence-electron chi connectivity index (χ4n) is 6.03. The van der Waals surface area contributed by atoms with Crippen molar-refractivity contribution < 1.29 is 0 Å². The Labute approximate surface area is 217 Å². The summed E-state index contributed by atoms with van der Waals surface area (Å²) in [5.41, 5.74) is 4.02. The molecule has 1 saturated heterocycles. The predicted octanol–water partition coefficient (Wildman–Crippen LogP) is 4.24. The SMILES string of the molecule is Cc1ccc2[nH]c(=O)c(C(c3nnnn3C3CCCCC3)N3CCN(Cc4ccccc4)CC3)cc2c1. The molecular weight excluding hydrogens is 462 g/mol. The monoisotopic (exact) mass is 497 g/mol. The summed E-state index contributed by atoms with van der Waals surface area (Å²) in [4.78, 5) is 21.5. The molecule has 0 spiro atoms. The van der Waals surface area contributed by atoms with Crippen molar-refractivity contribution in [2.45, 2.75) is 57.7 Å². The number of pyridine rings is 1. The molecule has 192 valence electrons. The number of tetrazole rings is 1. The number of aryl methyl sites for hydroxylation is 1. The average molecular weight is 498 g/mol. The first-order chi connectivity index (χ1) is 18.2. The van der Waals surface area contributed by atoms with E-state index < -0.39 is 0 Å². The average Bonchev–Trinajstić information content (AvgIpc) is 3.41. The van der Waals surface area contributed by atoms with Crippen molar-refractivity contribution in [3.63, 3.8) is 0 Å². The third-order valence-corrected chi connectivity index (χ3v) is 8.03. The van der Waals surface area contributed by atoms with Crippen molar-refractivity contribution in [3.05, 3.63) is 87.5 Å². The molecule has 37 heavy (non-hydrogen) atoms. The molecule has 0 bridgehead atoms. The van der Waals surface area contributed by atoms with Gasteiger partial charge in [-0.15, -0.1) is 5.10 Å². The third kappa shape index (κ3) is 5.08. The Morgan fingerprint density at radius 2 is 1.76 bits per heavy atom. The van der Waals surface area contributed by atoms with E-state index in [9.17, 15) is 4.79 Å². The fraction of sp³-hybridized carbons (Fsp3) is 0.448. The fourth-order valence-corrected chi connectivity index (χ4v) is 6.03. The van der Waals surface area contributed by atoms with Crippen LogP contribution in [0.4, 0.5) is 0 Å². The van der Waals surface area contributed by atoms with Crippen molar-refractivity contribution in [3.8, 4) is 0 Å². The molecule has 4 aromatic rings. The molecule has 1 aliphatic heterocycles. The van der Waals surface area contributed by atoms with E-state index in [1.54, 1.807) is 0 Å². The first-order valence-electron chi connectivity index (χ1n) is 13.6. The second-order valence-electron chi connectivity index (χ2n) is 10.6. The van der Waals surface area contributed by atoms with Gasteiger partial charge in [-0.1, -0.05) is 61.2 Å². The smallest absolute Gasteiger partial charge is 0.253 e. The minimum atomic E-state index is -0.288. The zero-order valence-corrected chi connectivity index (χ0v) is 21.5. The van der Waals surface area contributed by atoms with E-state index in [1.165, 1.54) is 30.4 Å². The number of rotatable bonds is 6. The minimum Gasteiger partial charge on any atom is -0.322 e. The minimum absolute atomic E-state index is 0.0636. The van der Waals surface area contributed by atoms with E-state index >= 15 is 0 Å². The number of H-pyrrole nitrogens is 1. The molecule has 6 rings (SSSR count). The standard InChI is InChI=1S/C29H35N7O/c1-21-12-13-26-23(18-21)19-25(29(37)30-26)27(28-31-32-33-36(28)24-10-6-3-7-11-24)35-16-14-34(15-17-35)20-22-8-4-2-5-9-22/h2,4-5,8-9,12-13,18-19,24,27H,3,6-7,10-11,14-17,20H2,1H3,(H,30,37). The molecule has 2 aromatic heterocycles. The summed E-state index contributed by atoms with van der Waals surface area (Å²) in [7, 11) is 0. The molecule has 1 saturated carbocycles. The Morgan fingerprint density at radius 1 is 0.973 bits per heavy atom. The number of aromatic amines is 1. The van der Waals surface area contributed by atoms with Gasteiger partial charge >= 0.3 is 0 Å². The summed E-state index contributed by atoms with van der Waals surface area (Å²) in [6.45, 7) is 6.58. The summed E-state index contributed by atoms with van der Waals surface area (Å²) in [5, 5.41) is 14.2. The highest BCUT2D eigenvalue weighted by Gasteiger charge is 2.34. The number of piperazine rings is 1. The second kappa shape index (κ2) is 10.6. The molecule has 0 radical (unpaired) electrons. The van der Waals surface area contributed by atoms with Gasteiger partial charge in [-0.3, -0.25) is 14.6 Å². The maximum atomic E-state index is 13.5. The Bertz CT molecular complexity index is 1400. The van der Waals surface area contributed by atoms with E-state index in [0.29, 0.717) is 6.04 Å². The third-order valence-electron chi connectivity index (χ3n) is 8.03. The number of benzene rings is 2. The Balaban J connectivity index is 1.35. The van der Waals surface area contributed by atoms with Crippen LogP contribution in [0.2, 0.25) is 0 Å². The van der Waals surface area contributed by atoms with Crippen LogP contribution in [-0.2, 0) is 6.54 Å². The molecule has 3 heterocycles. The highest BCUT2D eigenvalue weighted by molar-refractivity contribution is 5.79. The lowest BCUT2D eigenvalue weighted by Gasteiger charge is -2.39. The van der Waals surface area contributed by atoms with Crippen molar-refractivity contribution in [2.24, 2.45) is 0 Å². The first kappa shape index (κ1) is 24.0. The molecule has 2 aromatic carbocycles. The van der Waals surface area contributed by atoms with Gasteiger partial charge < -0.3 is 4.98 Å². The quantitative estimate of drug-likeness (QED) is 0.429. The van der Waals surface area contributed by atoms with Gasteiger partial charge in [0.2, 0.25) is 0 Å². The van der Waals surface area contributed by atoms with Crippen LogP contribution in [0.25, 0.3) is 10.9 Å². The number of nitrogens with one attached hydrogen (secondary N) is 1. The predicted molar refractivity (Wildman–Crippen MR) is 144 cm³/mol. The maximum Gasteiger partial charge on any atom is 0.253 e. The Kier molecular flexibility index (Phi) is 6.85. The van der Waals surface area contributed by atoms with Crippen LogP contribution in [0.15, 0.2) is 59.4 Å². The van der Waals surface area contributed by atoms with Gasteiger partial charge in [0.1, 0.15) is 6.04 Å². The van der Waals surface area contributed by atoms with Gasteiger partial charge in [0.25, 0.3) is 5.56 Å². The molecule has 1 N–H and O–H groups in total. The molecule has 2 aliphatic rings. The molecule has 1 unspecified atom stereocenters. The Morgan fingerprint density at radius 3 is 2.54 bits per heavy atom. The van der Waals surface area contributed by atoms with Gasteiger partial charge in [-0.2, -0.15) is 0 Å². The van der Waals surface area contributed by atoms with Crippen LogP contribution in [0.3, 0.4) is 0 Å². The topological polar surface area (TPSA) is 82.9 Å². The van der Waals surface area contributed by atoms with Gasteiger partial charge in [-0.05, 0) is 59.3 Å². The van der Waals surface area contributed by atoms with Gasteiger partial charge in [0, 0.05) is 43.8 Å². The molecule has 8 nitrogen and oxygen atoms in total. The number of aromatic nitrogens is 5. The number of nitrogens with zero attached hydrogens (tertiary/aromatic N) is 6. The van der Waals surface area contributed by atoms with Crippen LogP contribution >= 0.6 is 0 Å². The highest BCUT2D eigenvalue weighted by Crippen LogP contribution is 2.33. The normalized spacial score (nSPS) is 18.8. The lowest BCUT2D eigenvalue weighted by molar-refractivity contribution is 0.0982. The van der Waals surface area contributed by atoms with E-state index in [0.717, 1.165) is 67.9 Å². The largest absolute Gasteiger partial charge is 0.322 e. The molecule has 1 aliphatic carbocycles. The van der Waals surface area contributed by atoms with Crippen LogP contribution in [0.5, 0.6) is 0 Å². The van der Waals surface area contributed by atoms with Crippen LogP contribution in [0.1, 0.15) is 66.7 Å². The molecular formula is C29H35N7O. The lowest BCUT2D eigenvalue weighted by Crippen LogP contribution is -2.48. The summed E-state index contributed by atoms with van der Waals surface area (Å²) in [6, 6.07) is 18.8. The van der Waals surface area contributed by atoms with E-state index in [4.69, 9.17) is 0 Å². The maximum absolute atomic E-state index is 13.5. The van der Waals surface area contributed by atoms with Crippen molar-refractivity contribution >= 4 is 10.9 Å². The highest BCUT2D eigenvalue weighted by atomic mass is 16.1. The van der Waals surface area contributed by atoms with Gasteiger partial charge in [-0.25, -0.2) is 4.68 Å². The van der Waals surface area contributed by atoms with Crippen LogP contribution in [-0.4, -0.2) is 61.2 Å². The number of hydrogen-bond acceptors (Lipinski definition) is 6. The Hall–Kier alpha value is -3.36. The van der Waals surface area contributed by atoms with Crippen LogP contribution in [0, 0.1) is 6.92 Å². The van der Waals surface area contributed by atoms with Crippen LogP contribution < -0.4 is 5.56 Å². The van der Waals surface area contributed by atoms with E-state index in [2.05, 4.69) is 79.7 Å². The second-order valence-corrected chi connectivity index (χ2v) is 10.6. The van der Waals surface area contributed by atoms with Crippen molar-refractivity contribution in [1.29, 1.82) is 0 Å². The summed E-state index contributed by atoms with van der Waals surface area (Å²) in [6.07, 6.45) is 5.83. The molecule has 2 fully saturated rings. The van der Waals surface area contributed by atoms with Crippen molar-refractivity contribution in [2.75, 3.05) is 26.2 Å². The number of hydrogen-bond donors (Lipinski definition) is 1. The van der Waals surface area contributed by atoms with Crippen molar-refractivity contribution in [1.82, 2.24) is 35.0 Å². The summed E-state index contributed by atoms with van der Waals surface area (Å²) in [5.74, 6) is 0.793. The summed E-state index contributed by atoms with van der Waals surface area (Å²) >= 11 is 0. The lowest BCUT2D eigenvalue weighted by atomic mass is 9.95. The van der Waals surface area contributed by atoms with Gasteiger partial charge in [0.05, 0.1) is 6.04 Å². The zero-order chi connectivity index (χ0) is 25.2. The van der Waals surface area contributed by atoms with E-state index in [-0.39, 0.29) is 11.6 Å². The first-order valence-corrected chi connectivity index (χ1v) is 13.6.